The number of hydrogen-bond acceptors (Lipinski definition) is 2. The van der Waals surface area contributed by atoms with E-state index in [4.69, 9.17) is 11.6 Å². The Balaban J connectivity index is 1.49. The van der Waals surface area contributed by atoms with Crippen molar-refractivity contribution in [2.45, 2.75) is 25.6 Å². The maximum atomic E-state index is 13.3. The molecule has 2 aliphatic rings. The molecule has 0 aromatic heterocycles. The number of benzene rings is 2. The molecule has 3 atom stereocenters. The molecule has 1 N–H and O–H groups in total. The summed E-state index contributed by atoms with van der Waals surface area (Å²) in [6.07, 6.45) is 0.506. The smallest absolute Gasteiger partial charge is 0.352 e. The highest BCUT2D eigenvalue weighted by Gasteiger charge is 2.44. The fourth-order valence-corrected chi connectivity index (χ4v) is 4.74. The molecule has 1 aliphatic heterocycles. The van der Waals surface area contributed by atoms with Crippen LogP contribution in [0.3, 0.4) is 0 Å². The number of allylic oxidation sites excluding steroid dienone is 2. The van der Waals surface area contributed by atoms with E-state index in [0.29, 0.717) is 18.5 Å². The van der Waals surface area contributed by atoms with Crippen LogP contribution in [0.2, 0.25) is 5.02 Å². The van der Waals surface area contributed by atoms with Gasteiger partial charge in [0.1, 0.15) is 0 Å². The van der Waals surface area contributed by atoms with E-state index in [2.05, 4.69) is 5.32 Å². The fraction of sp³-hybridized carbons (Fsp3) is 0.333. The van der Waals surface area contributed by atoms with Gasteiger partial charge in [0, 0.05) is 18.8 Å². The lowest BCUT2D eigenvalue weighted by atomic mass is 9.71. The van der Waals surface area contributed by atoms with Gasteiger partial charge in [0.05, 0.1) is 22.4 Å². The Morgan fingerprint density at radius 2 is 1.91 bits per heavy atom. The molecule has 0 radical (unpaired) electrons. The number of amides is 2. The first kappa shape index (κ1) is 22.4. The lowest BCUT2D eigenvalue weighted by Gasteiger charge is -2.41. The third-order valence-corrected chi connectivity index (χ3v) is 6.44. The molecule has 1 heterocycles. The van der Waals surface area contributed by atoms with Crippen molar-refractivity contribution in [3.8, 4) is 0 Å². The molecule has 32 heavy (non-hydrogen) atoms. The molecule has 4 rings (SSSR count). The summed E-state index contributed by atoms with van der Waals surface area (Å²) in [6.45, 7) is 0.501. The molecule has 2 aromatic rings. The zero-order valence-electron chi connectivity index (χ0n) is 17.1. The highest BCUT2D eigenvalue weighted by Crippen LogP contribution is 2.39. The van der Waals surface area contributed by atoms with E-state index in [1.54, 1.807) is 4.90 Å². The topological polar surface area (TPSA) is 49.4 Å². The van der Waals surface area contributed by atoms with Gasteiger partial charge in [-0.15, -0.1) is 0 Å². The maximum Gasteiger partial charge on any atom is 0.417 e. The molecule has 0 bridgehead atoms. The summed E-state index contributed by atoms with van der Waals surface area (Å²) in [5.74, 6) is -1.53. The second kappa shape index (κ2) is 8.98. The van der Waals surface area contributed by atoms with Crippen LogP contribution in [-0.4, -0.2) is 18.4 Å². The molecular weight excluding hydrogens is 441 g/mol. The van der Waals surface area contributed by atoms with Gasteiger partial charge in [-0.1, -0.05) is 48.0 Å². The van der Waals surface area contributed by atoms with Crippen molar-refractivity contribution in [3.63, 3.8) is 0 Å². The second-order valence-corrected chi connectivity index (χ2v) is 8.51. The van der Waals surface area contributed by atoms with Gasteiger partial charge in [0.2, 0.25) is 11.8 Å². The van der Waals surface area contributed by atoms with E-state index in [1.165, 1.54) is 12.1 Å². The van der Waals surface area contributed by atoms with Crippen molar-refractivity contribution >= 4 is 29.1 Å². The van der Waals surface area contributed by atoms with Gasteiger partial charge in [-0.25, -0.2) is 0 Å². The molecule has 4 nitrogen and oxygen atoms in total. The lowest BCUT2D eigenvalue weighted by molar-refractivity contribution is -0.137. The molecule has 0 saturated carbocycles. The first-order valence-electron chi connectivity index (χ1n) is 10.4. The van der Waals surface area contributed by atoms with Crippen molar-refractivity contribution in [3.05, 3.63) is 76.8 Å². The summed E-state index contributed by atoms with van der Waals surface area (Å²) >= 11 is 5.66. The summed E-state index contributed by atoms with van der Waals surface area (Å²) in [7, 11) is 0. The highest BCUT2D eigenvalue weighted by molar-refractivity contribution is 6.31. The number of carbonyl (C=O) groups excluding carboxylic acids is 2. The Morgan fingerprint density at radius 1 is 1.16 bits per heavy atom. The summed E-state index contributed by atoms with van der Waals surface area (Å²) in [5.41, 5.74) is 0.150. The predicted molar refractivity (Wildman–Crippen MR) is 116 cm³/mol. The van der Waals surface area contributed by atoms with E-state index in [-0.39, 0.29) is 29.3 Å². The van der Waals surface area contributed by atoms with Crippen LogP contribution >= 0.6 is 11.6 Å². The van der Waals surface area contributed by atoms with Crippen molar-refractivity contribution in [2.24, 2.45) is 17.8 Å². The van der Waals surface area contributed by atoms with Crippen molar-refractivity contribution in [1.29, 1.82) is 0 Å². The Labute approximate surface area is 189 Å². The predicted octanol–water partition coefficient (Wildman–Crippen LogP) is 5.22. The third kappa shape index (κ3) is 4.53. The zero-order valence-corrected chi connectivity index (χ0v) is 17.9. The molecular formula is C24H22ClF3N2O2. The molecule has 8 heteroatoms. The average molecular weight is 463 g/mol. The Hall–Kier alpha value is -2.80. The van der Waals surface area contributed by atoms with E-state index in [0.717, 1.165) is 18.2 Å². The molecule has 1 saturated heterocycles. The minimum Gasteiger partial charge on any atom is -0.352 e. The van der Waals surface area contributed by atoms with Crippen LogP contribution in [-0.2, 0) is 22.3 Å². The number of carbonyl (C=O) groups is 2. The molecule has 2 unspecified atom stereocenters. The van der Waals surface area contributed by atoms with Crippen LogP contribution in [0.15, 0.2) is 60.7 Å². The fourth-order valence-electron chi connectivity index (χ4n) is 4.52. The van der Waals surface area contributed by atoms with E-state index in [9.17, 15) is 22.8 Å². The summed E-state index contributed by atoms with van der Waals surface area (Å²) in [6, 6.07) is 12.9. The number of piperidine rings is 1. The largest absolute Gasteiger partial charge is 0.417 e. The van der Waals surface area contributed by atoms with Crippen LogP contribution in [0, 0.1) is 17.8 Å². The number of nitrogens with zero attached hydrogens (tertiary/aromatic N) is 1. The Kier molecular flexibility index (Phi) is 6.29. The summed E-state index contributed by atoms with van der Waals surface area (Å²) < 4.78 is 39.3. The SMILES string of the molecule is O=C(NCc1ccc(Cl)c(C(F)(F)F)c1)[C@H]1CC=CC2CCN(c3ccccc3)C(=O)C21. The Bertz CT molecular complexity index is 1040. The van der Waals surface area contributed by atoms with Gasteiger partial charge in [-0.2, -0.15) is 13.2 Å². The Morgan fingerprint density at radius 3 is 2.62 bits per heavy atom. The quantitative estimate of drug-likeness (QED) is 0.633. The maximum absolute atomic E-state index is 13.3. The second-order valence-electron chi connectivity index (χ2n) is 8.10. The molecule has 0 spiro atoms. The molecule has 1 aliphatic carbocycles. The minimum absolute atomic E-state index is 0.0284. The molecule has 2 aromatic carbocycles. The number of hydrogen-bond donors (Lipinski definition) is 1. The van der Waals surface area contributed by atoms with E-state index >= 15 is 0 Å². The average Bonchev–Trinajstić information content (AvgIpc) is 2.78. The first-order valence-corrected chi connectivity index (χ1v) is 10.8. The van der Waals surface area contributed by atoms with Crippen molar-refractivity contribution < 1.29 is 22.8 Å². The van der Waals surface area contributed by atoms with Crippen LogP contribution in [0.4, 0.5) is 18.9 Å². The van der Waals surface area contributed by atoms with Crippen LogP contribution in [0.5, 0.6) is 0 Å². The lowest BCUT2D eigenvalue weighted by Crippen LogP contribution is -2.52. The van der Waals surface area contributed by atoms with Gasteiger partial charge >= 0.3 is 6.18 Å². The molecule has 1 fully saturated rings. The summed E-state index contributed by atoms with van der Waals surface area (Å²) in [4.78, 5) is 28.0. The summed E-state index contributed by atoms with van der Waals surface area (Å²) in [5, 5.41) is 2.33. The van der Waals surface area contributed by atoms with Crippen molar-refractivity contribution in [2.75, 3.05) is 11.4 Å². The van der Waals surface area contributed by atoms with Gasteiger partial charge in [-0.05, 0) is 48.6 Å². The van der Waals surface area contributed by atoms with Crippen LogP contribution < -0.4 is 10.2 Å². The van der Waals surface area contributed by atoms with Crippen LogP contribution in [0.25, 0.3) is 0 Å². The number of rotatable bonds is 4. The normalized spacial score (nSPS) is 23.1. The monoisotopic (exact) mass is 462 g/mol. The van der Waals surface area contributed by atoms with Crippen molar-refractivity contribution in [1.82, 2.24) is 5.32 Å². The number of alkyl halides is 3. The molecule has 168 valence electrons. The van der Waals surface area contributed by atoms with E-state index < -0.39 is 23.6 Å². The standard InChI is InChI=1S/C24H22ClF3N2O2/c25-20-10-9-15(13-19(20)24(26,27)28)14-29-22(31)18-8-4-5-16-11-12-30(23(32)21(16)18)17-6-2-1-3-7-17/h1-7,9-10,13,16,18,21H,8,11-12,14H2,(H,29,31)/t16?,18-,21?/m0/s1. The van der Waals surface area contributed by atoms with Crippen LogP contribution in [0.1, 0.15) is 24.0 Å². The highest BCUT2D eigenvalue weighted by atomic mass is 35.5. The van der Waals surface area contributed by atoms with Gasteiger partial charge in [0.25, 0.3) is 0 Å². The van der Waals surface area contributed by atoms with E-state index in [1.807, 2.05) is 42.5 Å². The molecule has 2 amide bonds. The number of fused-ring (bicyclic) bond motifs is 1. The minimum atomic E-state index is -4.58. The van der Waals surface area contributed by atoms with Gasteiger partial charge in [-0.3, -0.25) is 9.59 Å². The third-order valence-electron chi connectivity index (χ3n) is 6.11. The number of para-hydroxylation sites is 1. The number of anilines is 1. The zero-order chi connectivity index (χ0) is 22.9. The van der Waals surface area contributed by atoms with Gasteiger partial charge < -0.3 is 10.2 Å². The first-order chi connectivity index (χ1) is 15.3. The van der Waals surface area contributed by atoms with Gasteiger partial charge in [0.15, 0.2) is 0 Å². The number of nitrogens with one attached hydrogen (secondary N) is 1. The number of halogens is 4.